The van der Waals surface area contributed by atoms with Crippen LogP contribution in [0.1, 0.15) is 27.2 Å². The normalized spacial score (nSPS) is 20.8. The Morgan fingerprint density at radius 3 is 2.80 bits per heavy atom. The van der Waals surface area contributed by atoms with Gasteiger partial charge < -0.3 is 9.64 Å². The second-order valence-corrected chi connectivity index (χ2v) is 7.36. The van der Waals surface area contributed by atoms with Gasteiger partial charge in [-0.05, 0) is 27.2 Å². The molecule has 6 nitrogen and oxygen atoms in total. The van der Waals surface area contributed by atoms with Gasteiger partial charge in [-0.2, -0.15) is 0 Å². The predicted molar refractivity (Wildman–Crippen MR) is 74.7 cm³/mol. The minimum absolute atomic E-state index is 0.112. The summed E-state index contributed by atoms with van der Waals surface area (Å²) < 4.78 is 17.6. The monoisotopic (exact) mass is 297 g/mol. The molecule has 1 amide bonds. The zero-order valence-corrected chi connectivity index (χ0v) is 12.7. The number of likely N-dealkylation sites (tertiary alicyclic amines) is 1. The lowest BCUT2D eigenvalue weighted by atomic mass is 10.2. The zero-order chi connectivity index (χ0) is 14.8. The summed E-state index contributed by atoms with van der Waals surface area (Å²) in [7, 11) is -1.24. The fraction of sp³-hybridized carbons (Fsp3) is 0.615. The average Bonchev–Trinajstić information content (AvgIpc) is 2.86. The van der Waals surface area contributed by atoms with Gasteiger partial charge in [0, 0.05) is 25.5 Å². The number of rotatable bonds is 2. The molecule has 1 aliphatic rings. The van der Waals surface area contributed by atoms with Crippen molar-refractivity contribution in [2.24, 2.45) is 0 Å². The van der Waals surface area contributed by atoms with E-state index in [1.165, 1.54) is 12.4 Å². The summed E-state index contributed by atoms with van der Waals surface area (Å²) in [5.74, 6) is 0. The van der Waals surface area contributed by atoms with Crippen LogP contribution in [0.4, 0.5) is 4.79 Å². The molecule has 1 aromatic rings. The second-order valence-electron chi connectivity index (χ2n) is 5.68. The van der Waals surface area contributed by atoms with E-state index in [-0.39, 0.29) is 11.3 Å². The molecule has 1 aliphatic heterocycles. The highest BCUT2D eigenvalue weighted by atomic mass is 32.2. The van der Waals surface area contributed by atoms with E-state index >= 15 is 0 Å². The van der Waals surface area contributed by atoms with Crippen LogP contribution >= 0.6 is 0 Å². The topological polar surface area (TPSA) is 72.4 Å². The Balaban J connectivity index is 1.96. The standard InChI is InChI=1S/C13H19N3O3S/c1-13(2,3)19-12(17)16-7-4-10(9-16)20(18)11-8-14-5-6-15-11/h5-6,8,10H,4,7,9H2,1-3H3/t10-,20?/m0/s1. The van der Waals surface area contributed by atoms with Crippen LogP contribution in [0.25, 0.3) is 0 Å². The van der Waals surface area contributed by atoms with Crippen LogP contribution in [0.3, 0.4) is 0 Å². The van der Waals surface area contributed by atoms with E-state index in [0.717, 1.165) is 0 Å². The third kappa shape index (κ3) is 3.75. The van der Waals surface area contributed by atoms with E-state index in [0.29, 0.717) is 24.5 Å². The number of nitrogens with zero attached hydrogens (tertiary/aromatic N) is 3. The largest absolute Gasteiger partial charge is 0.444 e. The lowest BCUT2D eigenvalue weighted by Gasteiger charge is -2.24. The SMILES string of the molecule is CC(C)(C)OC(=O)N1CC[C@H](S(=O)c2cnccn2)C1. The molecular weight excluding hydrogens is 278 g/mol. The molecule has 1 fully saturated rings. The molecule has 1 unspecified atom stereocenters. The number of hydrogen-bond acceptors (Lipinski definition) is 5. The third-order valence-electron chi connectivity index (χ3n) is 2.85. The van der Waals surface area contributed by atoms with E-state index in [4.69, 9.17) is 4.74 Å². The summed E-state index contributed by atoms with van der Waals surface area (Å²) in [6.45, 7) is 6.48. The Morgan fingerprint density at radius 1 is 1.45 bits per heavy atom. The number of amides is 1. The van der Waals surface area contributed by atoms with Crippen molar-refractivity contribution in [1.29, 1.82) is 0 Å². The number of aromatic nitrogens is 2. The minimum atomic E-state index is -1.24. The molecule has 2 heterocycles. The van der Waals surface area contributed by atoms with Crippen LogP contribution in [-0.2, 0) is 15.5 Å². The molecule has 20 heavy (non-hydrogen) atoms. The van der Waals surface area contributed by atoms with Gasteiger partial charge in [0.2, 0.25) is 0 Å². The molecule has 0 radical (unpaired) electrons. The van der Waals surface area contributed by atoms with Crippen molar-refractivity contribution in [2.45, 2.75) is 43.1 Å². The maximum Gasteiger partial charge on any atom is 0.410 e. The van der Waals surface area contributed by atoms with Crippen molar-refractivity contribution < 1.29 is 13.7 Å². The van der Waals surface area contributed by atoms with Gasteiger partial charge in [0.25, 0.3) is 0 Å². The minimum Gasteiger partial charge on any atom is -0.444 e. The number of ether oxygens (including phenoxy) is 1. The first-order valence-electron chi connectivity index (χ1n) is 6.51. The van der Waals surface area contributed by atoms with E-state index < -0.39 is 16.4 Å². The molecule has 1 saturated heterocycles. The van der Waals surface area contributed by atoms with Crippen LogP contribution in [-0.4, -0.2) is 49.1 Å². The Labute approximate surface area is 121 Å². The molecular formula is C13H19N3O3S. The summed E-state index contributed by atoms with van der Waals surface area (Å²) in [5.41, 5.74) is -0.515. The first kappa shape index (κ1) is 14.9. The summed E-state index contributed by atoms with van der Waals surface area (Å²) in [6.07, 6.45) is 4.90. The van der Waals surface area contributed by atoms with Gasteiger partial charge in [0.15, 0.2) is 0 Å². The van der Waals surface area contributed by atoms with Crippen LogP contribution < -0.4 is 0 Å². The van der Waals surface area contributed by atoms with Crippen molar-refractivity contribution in [3.05, 3.63) is 18.6 Å². The predicted octanol–water partition coefficient (Wildman–Crippen LogP) is 1.59. The third-order valence-corrected chi connectivity index (χ3v) is 4.46. The lowest BCUT2D eigenvalue weighted by Crippen LogP contribution is -2.36. The lowest BCUT2D eigenvalue weighted by molar-refractivity contribution is 0.0295. The fourth-order valence-electron chi connectivity index (χ4n) is 1.96. The van der Waals surface area contributed by atoms with Crippen LogP contribution in [0.5, 0.6) is 0 Å². The second kappa shape index (κ2) is 5.87. The molecule has 0 saturated carbocycles. The van der Waals surface area contributed by atoms with E-state index in [2.05, 4.69) is 9.97 Å². The molecule has 0 aliphatic carbocycles. The molecule has 7 heteroatoms. The van der Waals surface area contributed by atoms with Crippen molar-refractivity contribution >= 4 is 16.9 Å². The van der Waals surface area contributed by atoms with Gasteiger partial charge in [-0.15, -0.1) is 0 Å². The van der Waals surface area contributed by atoms with Gasteiger partial charge in [0.05, 0.1) is 22.2 Å². The van der Waals surface area contributed by atoms with Crippen LogP contribution in [0.2, 0.25) is 0 Å². The van der Waals surface area contributed by atoms with Crippen molar-refractivity contribution in [2.75, 3.05) is 13.1 Å². The molecule has 2 rings (SSSR count). The van der Waals surface area contributed by atoms with Gasteiger partial charge >= 0.3 is 6.09 Å². The highest BCUT2D eigenvalue weighted by molar-refractivity contribution is 7.85. The maximum atomic E-state index is 12.3. The number of carbonyl (C=O) groups is 1. The summed E-state index contributed by atoms with van der Waals surface area (Å²) in [5, 5.41) is 0.350. The Morgan fingerprint density at radius 2 is 2.20 bits per heavy atom. The van der Waals surface area contributed by atoms with E-state index in [9.17, 15) is 9.00 Å². The maximum absolute atomic E-state index is 12.3. The Bertz CT molecular complexity index is 501. The van der Waals surface area contributed by atoms with E-state index in [1.807, 2.05) is 20.8 Å². The molecule has 0 aromatic carbocycles. The van der Waals surface area contributed by atoms with Crippen molar-refractivity contribution in [1.82, 2.24) is 14.9 Å². The smallest absolute Gasteiger partial charge is 0.410 e. The molecule has 1 aromatic heterocycles. The van der Waals surface area contributed by atoms with Gasteiger partial charge in [-0.25, -0.2) is 9.78 Å². The van der Waals surface area contributed by atoms with Gasteiger partial charge in [-0.3, -0.25) is 9.19 Å². The molecule has 2 atom stereocenters. The first-order valence-corrected chi connectivity index (χ1v) is 7.72. The number of hydrogen-bond donors (Lipinski definition) is 0. The number of carbonyl (C=O) groups excluding carboxylic acids is 1. The Hall–Kier alpha value is -1.50. The summed E-state index contributed by atoms with van der Waals surface area (Å²) in [6, 6.07) is 0. The first-order chi connectivity index (χ1) is 9.37. The van der Waals surface area contributed by atoms with Gasteiger partial charge in [-0.1, -0.05) is 0 Å². The molecule has 0 spiro atoms. The molecule has 0 N–H and O–H groups in total. The van der Waals surface area contributed by atoms with E-state index in [1.54, 1.807) is 11.1 Å². The highest BCUT2D eigenvalue weighted by Gasteiger charge is 2.33. The molecule has 0 bridgehead atoms. The Kier molecular flexibility index (Phi) is 4.37. The molecule has 110 valence electrons. The van der Waals surface area contributed by atoms with Crippen molar-refractivity contribution in [3.63, 3.8) is 0 Å². The van der Waals surface area contributed by atoms with Crippen molar-refractivity contribution in [3.8, 4) is 0 Å². The highest BCUT2D eigenvalue weighted by Crippen LogP contribution is 2.21. The van der Waals surface area contributed by atoms with Crippen LogP contribution in [0, 0.1) is 0 Å². The quantitative estimate of drug-likeness (QED) is 0.829. The van der Waals surface area contributed by atoms with Gasteiger partial charge in [0.1, 0.15) is 10.6 Å². The van der Waals surface area contributed by atoms with Crippen LogP contribution in [0.15, 0.2) is 23.6 Å². The summed E-state index contributed by atoms with van der Waals surface area (Å²) >= 11 is 0. The summed E-state index contributed by atoms with van der Waals surface area (Å²) in [4.78, 5) is 21.5. The average molecular weight is 297 g/mol. The zero-order valence-electron chi connectivity index (χ0n) is 11.9. The fourth-order valence-corrected chi connectivity index (χ4v) is 3.26.